The highest BCUT2D eigenvalue weighted by atomic mass is 15.2. The van der Waals surface area contributed by atoms with Gasteiger partial charge in [0.05, 0.1) is 0 Å². The van der Waals surface area contributed by atoms with Crippen LogP contribution in [0.3, 0.4) is 0 Å². The molecule has 0 spiro atoms. The van der Waals surface area contributed by atoms with Crippen LogP contribution < -0.4 is 10.6 Å². The van der Waals surface area contributed by atoms with Crippen molar-refractivity contribution < 1.29 is 0 Å². The summed E-state index contributed by atoms with van der Waals surface area (Å²) in [6, 6.07) is 0.815. The van der Waals surface area contributed by atoms with E-state index in [1.54, 1.807) is 6.33 Å². The van der Waals surface area contributed by atoms with Gasteiger partial charge in [-0.2, -0.15) is 0 Å². The molecule has 0 saturated heterocycles. The van der Waals surface area contributed by atoms with Gasteiger partial charge in [0.1, 0.15) is 18.0 Å². The van der Waals surface area contributed by atoms with Gasteiger partial charge >= 0.3 is 0 Å². The highest BCUT2D eigenvalue weighted by Crippen LogP contribution is 2.25. The lowest BCUT2D eigenvalue weighted by Crippen LogP contribution is -2.27. The van der Waals surface area contributed by atoms with Gasteiger partial charge in [-0.05, 0) is 33.2 Å². The first-order chi connectivity index (χ1) is 9.26. The second kappa shape index (κ2) is 6.70. The monoisotopic (exact) mass is 263 g/mol. The van der Waals surface area contributed by atoms with E-state index in [1.165, 1.54) is 18.4 Å². The molecule has 1 aliphatic carbocycles. The highest BCUT2D eigenvalue weighted by Gasteiger charge is 2.25. The predicted octanol–water partition coefficient (Wildman–Crippen LogP) is 1.98. The number of nitrogens with one attached hydrogen (secondary N) is 2. The van der Waals surface area contributed by atoms with Crippen LogP contribution in [0.5, 0.6) is 0 Å². The Bertz CT molecular complexity index is 403. The van der Waals surface area contributed by atoms with Gasteiger partial charge in [-0.1, -0.05) is 6.92 Å². The number of rotatable bonds is 8. The molecule has 0 aliphatic heterocycles. The number of anilines is 2. The topological polar surface area (TPSA) is 53.1 Å². The van der Waals surface area contributed by atoms with Gasteiger partial charge in [0.15, 0.2) is 0 Å². The van der Waals surface area contributed by atoms with Gasteiger partial charge in [-0.15, -0.1) is 0 Å². The first-order valence-electron chi connectivity index (χ1n) is 7.28. The Morgan fingerprint density at radius 3 is 2.47 bits per heavy atom. The molecule has 0 amide bonds. The van der Waals surface area contributed by atoms with Gasteiger partial charge in [0.25, 0.3) is 0 Å². The standard InChI is InChI=1S/C14H25N5/c1-4-12-13(15-5-2)17-10-18-14(12)16-8-9-19(3)11-6-7-11/h10-11H,4-9H2,1-3H3,(H2,15,16,17,18). The van der Waals surface area contributed by atoms with Crippen molar-refractivity contribution in [2.45, 2.75) is 39.2 Å². The van der Waals surface area contributed by atoms with E-state index in [9.17, 15) is 0 Å². The zero-order chi connectivity index (χ0) is 13.7. The molecule has 106 valence electrons. The van der Waals surface area contributed by atoms with Crippen molar-refractivity contribution in [2.24, 2.45) is 0 Å². The van der Waals surface area contributed by atoms with E-state index in [0.717, 1.165) is 43.7 Å². The molecular formula is C14H25N5. The summed E-state index contributed by atoms with van der Waals surface area (Å²) in [6.45, 7) is 7.10. The molecule has 1 saturated carbocycles. The van der Waals surface area contributed by atoms with Crippen LogP contribution in [0.25, 0.3) is 0 Å². The average Bonchev–Trinajstić information content (AvgIpc) is 3.23. The Labute approximate surface area is 115 Å². The van der Waals surface area contributed by atoms with Crippen molar-refractivity contribution in [3.05, 3.63) is 11.9 Å². The van der Waals surface area contributed by atoms with Crippen LogP contribution >= 0.6 is 0 Å². The normalized spacial score (nSPS) is 14.7. The summed E-state index contributed by atoms with van der Waals surface area (Å²) in [5.74, 6) is 1.93. The fourth-order valence-electron chi connectivity index (χ4n) is 2.27. The minimum Gasteiger partial charge on any atom is -0.370 e. The number of aromatic nitrogens is 2. The van der Waals surface area contributed by atoms with Crippen molar-refractivity contribution in [3.63, 3.8) is 0 Å². The lowest BCUT2D eigenvalue weighted by atomic mass is 10.2. The van der Waals surface area contributed by atoms with Crippen LogP contribution in [0.15, 0.2) is 6.33 Å². The van der Waals surface area contributed by atoms with Crippen LogP contribution in [0, 0.1) is 0 Å². The molecule has 0 aromatic carbocycles. The number of nitrogens with zero attached hydrogens (tertiary/aromatic N) is 3. The minimum atomic E-state index is 0.815. The van der Waals surface area contributed by atoms with E-state index >= 15 is 0 Å². The number of hydrogen-bond acceptors (Lipinski definition) is 5. The minimum absolute atomic E-state index is 0.815. The van der Waals surface area contributed by atoms with E-state index in [1.807, 2.05) is 0 Å². The molecule has 1 aliphatic rings. The maximum absolute atomic E-state index is 4.37. The van der Waals surface area contributed by atoms with Crippen LogP contribution in [0.1, 0.15) is 32.3 Å². The quantitative estimate of drug-likeness (QED) is 0.751. The smallest absolute Gasteiger partial charge is 0.134 e. The summed E-state index contributed by atoms with van der Waals surface area (Å²) < 4.78 is 0. The fourth-order valence-corrected chi connectivity index (χ4v) is 2.27. The average molecular weight is 263 g/mol. The van der Waals surface area contributed by atoms with E-state index < -0.39 is 0 Å². The lowest BCUT2D eigenvalue weighted by Gasteiger charge is -2.18. The molecule has 0 bridgehead atoms. The molecule has 1 fully saturated rings. The molecular weight excluding hydrogens is 238 g/mol. The van der Waals surface area contributed by atoms with Crippen molar-refractivity contribution in [1.82, 2.24) is 14.9 Å². The van der Waals surface area contributed by atoms with E-state index in [0.29, 0.717) is 0 Å². The zero-order valence-corrected chi connectivity index (χ0v) is 12.2. The first-order valence-corrected chi connectivity index (χ1v) is 7.28. The molecule has 1 heterocycles. The summed E-state index contributed by atoms with van der Waals surface area (Å²) in [4.78, 5) is 11.1. The molecule has 5 heteroatoms. The molecule has 0 unspecified atom stereocenters. The SMILES string of the molecule is CCNc1ncnc(NCCN(C)C2CC2)c1CC. The molecule has 5 nitrogen and oxygen atoms in total. The van der Waals surface area contributed by atoms with Gasteiger partial charge in [-0.25, -0.2) is 9.97 Å². The van der Waals surface area contributed by atoms with Gasteiger partial charge in [0, 0.05) is 31.2 Å². The first kappa shape index (κ1) is 14.1. The summed E-state index contributed by atoms with van der Waals surface area (Å²) in [7, 11) is 2.20. The highest BCUT2D eigenvalue weighted by molar-refractivity contribution is 5.57. The molecule has 0 atom stereocenters. The summed E-state index contributed by atoms with van der Waals surface area (Å²) in [5.41, 5.74) is 1.18. The van der Waals surface area contributed by atoms with Gasteiger partial charge < -0.3 is 15.5 Å². The Morgan fingerprint density at radius 2 is 1.89 bits per heavy atom. The Hall–Kier alpha value is -1.36. The molecule has 2 rings (SSSR count). The van der Waals surface area contributed by atoms with Crippen molar-refractivity contribution >= 4 is 11.6 Å². The predicted molar refractivity (Wildman–Crippen MR) is 79.7 cm³/mol. The molecule has 1 aromatic rings. The molecule has 0 radical (unpaired) electrons. The maximum Gasteiger partial charge on any atom is 0.134 e. The van der Waals surface area contributed by atoms with Gasteiger partial charge in [-0.3, -0.25) is 0 Å². The fraction of sp³-hybridized carbons (Fsp3) is 0.714. The van der Waals surface area contributed by atoms with E-state index in [2.05, 4.69) is 46.4 Å². The van der Waals surface area contributed by atoms with Crippen LogP contribution in [0.2, 0.25) is 0 Å². The number of likely N-dealkylation sites (N-methyl/N-ethyl adjacent to an activating group) is 1. The molecule has 2 N–H and O–H groups in total. The summed E-state index contributed by atoms with van der Waals surface area (Å²) >= 11 is 0. The lowest BCUT2D eigenvalue weighted by molar-refractivity contribution is 0.337. The van der Waals surface area contributed by atoms with Crippen molar-refractivity contribution in [3.8, 4) is 0 Å². The van der Waals surface area contributed by atoms with Crippen LogP contribution in [0.4, 0.5) is 11.6 Å². The largest absolute Gasteiger partial charge is 0.370 e. The second-order valence-electron chi connectivity index (χ2n) is 5.07. The summed E-state index contributed by atoms with van der Waals surface area (Å²) in [5, 5.41) is 6.74. The Kier molecular flexibility index (Phi) is 4.96. The van der Waals surface area contributed by atoms with Crippen LogP contribution in [-0.4, -0.2) is 47.6 Å². The third-order valence-electron chi connectivity index (χ3n) is 3.57. The van der Waals surface area contributed by atoms with E-state index in [-0.39, 0.29) is 0 Å². The third-order valence-corrected chi connectivity index (χ3v) is 3.57. The van der Waals surface area contributed by atoms with E-state index in [4.69, 9.17) is 0 Å². The zero-order valence-electron chi connectivity index (χ0n) is 12.2. The Balaban J connectivity index is 1.92. The third kappa shape index (κ3) is 3.80. The van der Waals surface area contributed by atoms with Crippen LogP contribution in [-0.2, 0) is 6.42 Å². The van der Waals surface area contributed by atoms with Crippen molar-refractivity contribution in [1.29, 1.82) is 0 Å². The van der Waals surface area contributed by atoms with Gasteiger partial charge in [0.2, 0.25) is 0 Å². The maximum atomic E-state index is 4.37. The summed E-state index contributed by atoms with van der Waals surface area (Å²) in [6.07, 6.45) is 5.28. The molecule has 1 aromatic heterocycles. The van der Waals surface area contributed by atoms with Crippen molar-refractivity contribution in [2.75, 3.05) is 37.3 Å². The Morgan fingerprint density at radius 1 is 1.21 bits per heavy atom. The number of hydrogen-bond donors (Lipinski definition) is 2. The second-order valence-corrected chi connectivity index (χ2v) is 5.07. The molecule has 19 heavy (non-hydrogen) atoms.